The van der Waals surface area contributed by atoms with Gasteiger partial charge in [0.15, 0.2) is 0 Å². The van der Waals surface area contributed by atoms with Crippen LogP contribution in [0.3, 0.4) is 0 Å². The van der Waals surface area contributed by atoms with Gasteiger partial charge in [-0.05, 0) is 23.8 Å². The summed E-state index contributed by atoms with van der Waals surface area (Å²) in [7, 11) is 0. The smallest absolute Gasteiger partial charge is 0.305 e. The SMILES string of the molecule is NN(CCC(=O)O)C(=O)c1cccc(OCc2ccccc2)c1. The molecule has 6 heteroatoms. The Labute approximate surface area is 134 Å². The molecule has 2 aromatic carbocycles. The van der Waals surface area contributed by atoms with Crippen molar-refractivity contribution in [3.8, 4) is 5.75 Å². The molecule has 0 aliphatic carbocycles. The molecule has 0 atom stereocenters. The lowest BCUT2D eigenvalue weighted by atomic mass is 10.2. The monoisotopic (exact) mass is 314 g/mol. The van der Waals surface area contributed by atoms with Crippen LogP contribution in [0.4, 0.5) is 0 Å². The van der Waals surface area contributed by atoms with Gasteiger partial charge in [0.1, 0.15) is 12.4 Å². The summed E-state index contributed by atoms with van der Waals surface area (Å²) in [5.41, 5.74) is 1.37. The van der Waals surface area contributed by atoms with E-state index < -0.39 is 11.9 Å². The molecule has 0 spiro atoms. The summed E-state index contributed by atoms with van der Waals surface area (Å²) >= 11 is 0. The molecule has 2 rings (SSSR count). The van der Waals surface area contributed by atoms with Gasteiger partial charge >= 0.3 is 5.97 Å². The Morgan fingerprint density at radius 2 is 1.83 bits per heavy atom. The second-order valence-corrected chi connectivity index (χ2v) is 4.94. The second kappa shape index (κ2) is 7.95. The van der Waals surface area contributed by atoms with Crippen LogP contribution in [-0.4, -0.2) is 28.5 Å². The number of nitrogens with two attached hydrogens (primary N) is 1. The topological polar surface area (TPSA) is 92.9 Å². The molecule has 0 radical (unpaired) electrons. The van der Waals surface area contributed by atoms with Crippen LogP contribution < -0.4 is 10.6 Å². The summed E-state index contributed by atoms with van der Waals surface area (Å²) in [4.78, 5) is 22.7. The fourth-order valence-electron chi connectivity index (χ4n) is 1.94. The Bertz CT molecular complexity index is 673. The molecule has 0 aliphatic rings. The number of ether oxygens (including phenoxy) is 1. The van der Waals surface area contributed by atoms with Crippen LogP contribution in [-0.2, 0) is 11.4 Å². The summed E-state index contributed by atoms with van der Waals surface area (Å²) in [6.45, 7) is 0.340. The third kappa shape index (κ3) is 5.12. The minimum atomic E-state index is -1.01. The molecule has 0 bridgehead atoms. The van der Waals surface area contributed by atoms with Crippen LogP contribution in [0, 0.1) is 0 Å². The van der Waals surface area contributed by atoms with E-state index in [1.165, 1.54) is 0 Å². The largest absolute Gasteiger partial charge is 0.489 e. The van der Waals surface area contributed by atoms with Gasteiger partial charge in [0.05, 0.1) is 6.42 Å². The van der Waals surface area contributed by atoms with Crippen molar-refractivity contribution in [2.75, 3.05) is 6.54 Å². The van der Waals surface area contributed by atoms with Crippen molar-refractivity contribution in [2.24, 2.45) is 5.84 Å². The fourth-order valence-corrected chi connectivity index (χ4v) is 1.94. The lowest BCUT2D eigenvalue weighted by Crippen LogP contribution is -2.38. The average Bonchev–Trinajstić information content (AvgIpc) is 2.58. The van der Waals surface area contributed by atoms with Crippen molar-refractivity contribution in [3.63, 3.8) is 0 Å². The van der Waals surface area contributed by atoms with Crippen molar-refractivity contribution in [3.05, 3.63) is 65.7 Å². The van der Waals surface area contributed by atoms with Gasteiger partial charge < -0.3 is 9.84 Å². The number of hydrazine groups is 1. The zero-order chi connectivity index (χ0) is 16.7. The Hall–Kier alpha value is -2.86. The third-order valence-corrected chi connectivity index (χ3v) is 3.16. The van der Waals surface area contributed by atoms with E-state index in [2.05, 4.69) is 0 Å². The van der Waals surface area contributed by atoms with E-state index in [0.29, 0.717) is 17.9 Å². The van der Waals surface area contributed by atoms with Crippen LogP contribution in [0.5, 0.6) is 5.75 Å². The number of hydrogen-bond acceptors (Lipinski definition) is 4. The Morgan fingerprint density at radius 3 is 2.52 bits per heavy atom. The molecule has 3 N–H and O–H groups in total. The normalized spacial score (nSPS) is 10.1. The number of carbonyl (C=O) groups excluding carboxylic acids is 1. The predicted octanol–water partition coefficient (Wildman–Crippen LogP) is 2.06. The van der Waals surface area contributed by atoms with E-state index in [4.69, 9.17) is 15.7 Å². The first-order valence-electron chi connectivity index (χ1n) is 7.11. The molecule has 0 fully saturated rings. The van der Waals surface area contributed by atoms with E-state index >= 15 is 0 Å². The van der Waals surface area contributed by atoms with E-state index in [1.54, 1.807) is 24.3 Å². The number of carbonyl (C=O) groups is 2. The Morgan fingerprint density at radius 1 is 1.09 bits per heavy atom. The molecule has 0 heterocycles. The highest BCUT2D eigenvalue weighted by molar-refractivity contribution is 5.94. The highest BCUT2D eigenvalue weighted by Gasteiger charge is 2.14. The minimum absolute atomic E-state index is 0.0523. The van der Waals surface area contributed by atoms with E-state index in [1.807, 2.05) is 30.3 Å². The number of amides is 1. The van der Waals surface area contributed by atoms with Crippen molar-refractivity contribution in [1.82, 2.24) is 5.01 Å². The van der Waals surface area contributed by atoms with Gasteiger partial charge in [-0.2, -0.15) is 0 Å². The quantitative estimate of drug-likeness (QED) is 0.463. The number of carboxylic acid groups (broad SMARTS) is 1. The maximum atomic E-state index is 12.1. The maximum Gasteiger partial charge on any atom is 0.305 e. The zero-order valence-electron chi connectivity index (χ0n) is 12.5. The van der Waals surface area contributed by atoms with Crippen LogP contribution in [0.15, 0.2) is 54.6 Å². The number of rotatable bonds is 7. The zero-order valence-corrected chi connectivity index (χ0v) is 12.5. The first kappa shape index (κ1) is 16.5. The molecule has 0 aliphatic heterocycles. The summed E-state index contributed by atoms with van der Waals surface area (Å²) in [5, 5.41) is 9.52. The second-order valence-electron chi connectivity index (χ2n) is 4.94. The maximum absolute atomic E-state index is 12.1. The number of hydrogen-bond donors (Lipinski definition) is 2. The summed E-state index contributed by atoms with van der Waals surface area (Å²) in [5.74, 6) is 4.69. The lowest BCUT2D eigenvalue weighted by molar-refractivity contribution is -0.137. The van der Waals surface area contributed by atoms with Gasteiger partial charge in [-0.15, -0.1) is 0 Å². The number of nitrogens with zero attached hydrogens (tertiary/aromatic N) is 1. The molecule has 0 saturated heterocycles. The highest BCUT2D eigenvalue weighted by atomic mass is 16.5. The van der Waals surface area contributed by atoms with Gasteiger partial charge in [-0.1, -0.05) is 36.4 Å². The molecule has 0 aromatic heterocycles. The number of carboxylic acids is 1. The molecular weight excluding hydrogens is 296 g/mol. The average molecular weight is 314 g/mol. The Balaban J connectivity index is 1.98. The summed E-state index contributed by atoms with van der Waals surface area (Å²) in [6, 6.07) is 16.3. The molecule has 2 aromatic rings. The van der Waals surface area contributed by atoms with Gasteiger partial charge in [0.25, 0.3) is 5.91 Å². The van der Waals surface area contributed by atoms with Crippen molar-refractivity contribution in [2.45, 2.75) is 13.0 Å². The molecule has 0 unspecified atom stereocenters. The molecular formula is C17H18N2O4. The Kier molecular flexibility index (Phi) is 5.71. The number of aliphatic carboxylic acids is 1. The summed E-state index contributed by atoms with van der Waals surface area (Å²) in [6.07, 6.45) is -0.202. The molecule has 23 heavy (non-hydrogen) atoms. The minimum Gasteiger partial charge on any atom is -0.489 e. The summed E-state index contributed by atoms with van der Waals surface area (Å²) < 4.78 is 5.66. The van der Waals surface area contributed by atoms with E-state index in [9.17, 15) is 9.59 Å². The first-order chi connectivity index (χ1) is 11.1. The molecule has 0 saturated carbocycles. The van der Waals surface area contributed by atoms with E-state index in [-0.39, 0.29) is 13.0 Å². The first-order valence-corrected chi connectivity index (χ1v) is 7.11. The van der Waals surface area contributed by atoms with Crippen LogP contribution in [0.1, 0.15) is 22.3 Å². The van der Waals surface area contributed by atoms with Crippen molar-refractivity contribution < 1.29 is 19.4 Å². The molecule has 1 amide bonds. The van der Waals surface area contributed by atoms with Crippen LogP contribution in [0.25, 0.3) is 0 Å². The lowest BCUT2D eigenvalue weighted by Gasteiger charge is -2.16. The van der Waals surface area contributed by atoms with Crippen molar-refractivity contribution in [1.29, 1.82) is 0 Å². The van der Waals surface area contributed by atoms with E-state index in [0.717, 1.165) is 10.6 Å². The standard InChI is InChI=1S/C17H18N2O4/c18-19(10-9-16(20)21)17(22)14-7-4-8-15(11-14)23-12-13-5-2-1-3-6-13/h1-8,11H,9-10,12,18H2,(H,20,21). The highest BCUT2D eigenvalue weighted by Crippen LogP contribution is 2.16. The van der Waals surface area contributed by atoms with Crippen molar-refractivity contribution >= 4 is 11.9 Å². The fraction of sp³-hybridized carbons (Fsp3) is 0.176. The van der Waals surface area contributed by atoms with Gasteiger partial charge in [-0.25, -0.2) is 5.84 Å². The van der Waals surface area contributed by atoms with Crippen LogP contribution in [0.2, 0.25) is 0 Å². The predicted molar refractivity (Wildman–Crippen MR) is 84.7 cm³/mol. The molecule has 120 valence electrons. The third-order valence-electron chi connectivity index (χ3n) is 3.16. The van der Waals surface area contributed by atoms with Gasteiger partial charge in [-0.3, -0.25) is 14.6 Å². The van der Waals surface area contributed by atoms with Gasteiger partial charge in [0, 0.05) is 12.1 Å². The van der Waals surface area contributed by atoms with Crippen LogP contribution >= 0.6 is 0 Å². The number of benzene rings is 2. The molecule has 6 nitrogen and oxygen atoms in total. The van der Waals surface area contributed by atoms with Gasteiger partial charge in [0.2, 0.25) is 0 Å².